The van der Waals surface area contributed by atoms with Crippen LogP contribution in [-0.2, 0) is 0 Å². The van der Waals surface area contributed by atoms with E-state index < -0.39 is 11.7 Å². The Balaban J connectivity index is 1.56. The minimum absolute atomic E-state index is 0.0499. The molecular formula is C24H26ClFN4O2. The van der Waals surface area contributed by atoms with Gasteiger partial charge in [-0.1, -0.05) is 29.7 Å². The lowest BCUT2D eigenvalue weighted by Gasteiger charge is -2.36. The fourth-order valence-electron chi connectivity index (χ4n) is 4.12. The number of nitrogens with zero attached hydrogens (tertiary/aromatic N) is 3. The lowest BCUT2D eigenvalue weighted by molar-refractivity contribution is 0.102. The normalized spacial score (nSPS) is 14.6. The standard InChI is InChI=1S/C24H26ClFN4O2/c1-4-29-10-12-30(13-11-29)20-9-8-17(14-15(20)2)27-24(31)21-16(3)32-28-23(21)22-18(25)6-5-7-19(22)26/h5-9,14H,4,10-13H2,1-3H3,(H,27,31). The third-order valence-electron chi connectivity index (χ3n) is 5.90. The fraction of sp³-hybridized carbons (Fsp3) is 0.333. The second kappa shape index (κ2) is 9.30. The van der Waals surface area contributed by atoms with Crippen molar-refractivity contribution in [3.05, 3.63) is 64.1 Å². The molecule has 168 valence electrons. The van der Waals surface area contributed by atoms with Crippen LogP contribution in [0.2, 0.25) is 5.02 Å². The van der Waals surface area contributed by atoms with E-state index in [9.17, 15) is 9.18 Å². The van der Waals surface area contributed by atoms with Crippen LogP contribution in [0, 0.1) is 19.7 Å². The van der Waals surface area contributed by atoms with Crippen molar-refractivity contribution in [3.63, 3.8) is 0 Å². The van der Waals surface area contributed by atoms with Crippen LogP contribution in [0.1, 0.15) is 28.6 Å². The number of piperazine rings is 1. The molecular weight excluding hydrogens is 431 g/mol. The van der Waals surface area contributed by atoms with Crippen LogP contribution in [0.4, 0.5) is 15.8 Å². The molecule has 1 aliphatic heterocycles. The number of amides is 1. The van der Waals surface area contributed by atoms with Gasteiger partial charge in [-0.15, -0.1) is 0 Å². The Kier molecular flexibility index (Phi) is 6.48. The third kappa shape index (κ3) is 4.36. The predicted octanol–water partition coefficient (Wildman–Crippen LogP) is 5.15. The maximum absolute atomic E-state index is 14.4. The summed E-state index contributed by atoms with van der Waals surface area (Å²) in [5.41, 5.74) is 3.19. The molecule has 0 atom stereocenters. The summed E-state index contributed by atoms with van der Waals surface area (Å²) in [6.45, 7) is 10.9. The molecule has 2 heterocycles. The van der Waals surface area contributed by atoms with E-state index in [0.29, 0.717) is 11.4 Å². The number of carbonyl (C=O) groups excluding carboxylic acids is 1. The van der Waals surface area contributed by atoms with Gasteiger partial charge >= 0.3 is 0 Å². The molecule has 1 N–H and O–H groups in total. The molecule has 3 aromatic rings. The van der Waals surface area contributed by atoms with Crippen LogP contribution >= 0.6 is 11.6 Å². The van der Waals surface area contributed by atoms with Gasteiger partial charge in [0.15, 0.2) is 0 Å². The smallest absolute Gasteiger partial charge is 0.261 e. The average molecular weight is 457 g/mol. The van der Waals surface area contributed by atoms with E-state index in [1.165, 1.54) is 17.8 Å². The Morgan fingerprint density at radius 3 is 2.59 bits per heavy atom. The summed E-state index contributed by atoms with van der Waals surface area (Å²) in [7, 11) is 0. The van der Waals surface area contributed by atoms with E-state index in [1.807, 2.05) is 25.1 Å². The highest BCUT2D eigenvalue weighted by Crippen LogP contribution is 2.34. The number of carbonyl (C=O) groups is 1. The summed E-state index contributed by atoms with van der Waals surface area (Å²) in [5.74, 6) is -0.705. The highest BCUT2D eigenvalue weighted by Gasteiger charge is 2.26. The van der Waals surface area contributed by atoms with E-state index in [2.05, 4.69) is 27.2 Å². The number of hydrogen-bond donors (Lipinski definition) is 1. The quantitative estimate of drug-likeness (QED) is 0.575. The van der Waals surface area contributed by atoms with E-state index in [4.69, 9.17) is 16.1 Å². The summed E-state index contributed by atoms with van der Waals surface area (Å²) in [6.07, 6.45) is 0. The van der Waals surface area contributed by atoms with E-state index in [0.717, 1.165) is 38.3 Å². The molecule has 2 aromatic carbocycles. The largest absolute Gasteiger partial charge is 0.369 e. The van der Waals surface area contributed by atoms with Crippen LogP contribution in [0.5, 0.6) is 0 Å². The Morgan fingerprint density at radius 1 is 1.19 bits per heavy atom. The van der Waals surface area contributed by atoms with Crippen LogP contribution < -0.4 is 10.2 Å². The molecule has 0 aliphatic carbocycles. The number of hydrogen-bond acceptors (Lipinski definition) is 5. The molecule has 8 heteroatoms. The average Bonchev–Trinajstić information content (AvgIpc) is 3.15. The first-order valence-electron chi connectivity index (χ1n) is 10.7. The zero-order valence-corrected chi connectivity index (χ0v) is 19.2. The number of rotatable bonds is 5. The van der Waals surface area contributed by atoms with Gasteiger partial charge in [0.2, 0.25) is 0 Å². The Morgan fingerprint density at radius 2 is 1.94 bits per heavy atom. The lowest BCUT2D eigenvalue weighted by atomic mass is 10.0. The molecule has 1 aliphatic rings. The first kappa shape index (κ1) is 22.3. The van der Waals surface area contributed by atoms with Crippen LogP contribution in [-0.4, -0.2) is 48.7 Å². The molecule has 4 rings (SSSR count). The summed E-state index contributed by atoms with van der Waals surface area (Å²) in [4.78, 5) is 17.9. The van der Waals surface area contributed by atoms with Gasteiger partial charge in [0.1, 0.15) is 22.8 Å². The fourth-order valence-corrected chi connectivity index (χ4v) is 4.37. The molecule has 1 fully saturated rings. The monoisotopic (exact) mass is 456 g/mol. The maximum atomic E-state index is 14.4. The first-order valence-corrected chi connectivity index (χ1v) is 11.1. The molecule has 0 saturated carbocycles. The lowest BCUT2D eigenvalue weighted by Crippen LogP contribution is -2.46. The van der Waals surface area contributed by atoms with Gasteiger partial charge in [0.25, 0.3) is 5.91 Å². The van der Waals surface area contributed by atoms with Crippen LogP contribution in [0.15, 0.2) is 40.9 Å². The highest BCUT2D eigenvalue weighted by molar-refractivity contribution is 6.33. The van der Waals surface area contributed by atoms with Gasteiger partial charge < -0.3 is 19.6 Å². The second-order valence-corrected chi connectivity index (χ2v) is 8.34. The Bertz CT molecular complexity index is 1120. The zero-order valence-electron chi connectivity index (χ0n) is 18.4. The summed E-state index contributed by atoms with van der Waals surface area (Å²) in [5, 5.41) is 6.96. The number of likely N-dealkylation sites (N-methyl/N-ethyl adjacent to an activating group) is 1. The molecule has 1 amide bonds. The van der Waals surface area contributed by atoms with Crippen molar-refractivity contribution in [1.29, 1.82) is 0 Å². The van der Waals surface area contributed by atoms with Crippen molar-refractivity contribution in [2.45, 2.75) is 20.8 Å². The summed E-state index contributed by atoms with van der Waals surface area (Å²) >= 11 is 6.18. The molecule has 1 aromatic heterocycles. The topological polar surface area (TPSA) is 61.6 Å². The van der Waals surface area contributed by atoms with E-state index in [1.54, 1.807) is 13.0 Å². The molecule has 6 nitrogen and oxygen atoms in total. The van der Waals surface area contributed by atoms with Crippen molar-refractivity contribution in [1.82, 2.24) is 10.1 Å². The predicted molar refractivity (Wildman–Crippen MR) is 125 cm³/mol. The minimum Gasteiger partial charge on any atom is -0.369 e. The number of aryl methyl sites for hydroxylation is 2. The minimum atomic E-state index is -0.566. The van der Waals surface area contributed by atoms with Crippen molar-refractivity contribution in [2.75, 3.05) is 42.9 Å². The Hall–Kier alpha value is -2.90. The van der Waals surface area contributed by atoms with Gasteiger partial charge in [0, 0.05) is 37.6 Å². The van der Waals surface area contributed by atoms with E-state index in [-0.39, 0.29) is 21.8 Å². The summed E-state index contributed by atoms with van der Waals surface area (Å²) in [6, 6.07) is 10.2. The van der Waals surface area contributed by atoms with Gasteiger partial charge in [-0.25, -0.2) is 4.39 Å². The first-order chi connectivity index (χ1) is 15.4. The SMILES string of the molecule is CCN1CCN(c2ccc(NC(=O)c3c(-c4c(F)cccc4Cl)noc3C)cc2C)CC1. The number of nitrogens with one attached hydrogen (secondary N) is 1. The van der Waals surface area contributed by atoms with Crippen molar-refractivity contribution >= 4 is 28.9 Å². The second-order valence-electron chi connectivity index (χ2n) is 7.94. The number of anilines is 2. The number of aromatic nitrogens is 1. The van der Waals surface area contributed by atoms with Crippen LogP contribution in [0.3, 0.4) is 0 Å². The van der Waals surface area contributed by atoms with Crippen LogP contribution in [0.25, 0.3) is 11.3 Å². The molecule has 32 heavy (non-hydrogen) atoms. The molecule has 0 spiro atoms. The Labute approximate surface area is 191 Å². The van der Waals surface area contributed by atoms with Gasteiger partial charge in [-0.05, 0) is 56.3 Å². The molecule has 0 radical (unpaired) electrons. The molecule has 1 saturated heterocycles. The summed E-state index contributed by atoms with van der Waals surface area (Å²) < 4.78 is 19.6. The highest BCUT2D eigenvalue weighted by atomic mass is 35.5. The zero-order chi connectivity index (χ0) is 22.8. The molecule has 0 bridgehead atoms. The van der Waals surface area contributed by atoms with Gasteiger partial charge in [-0.2, -0.15) is 0 Å². The van der Waals surface area contributed by atoms with E-state index >= 15 is 0 Å². The number of benzene rings is 2. The maximum Gasteiger partial charge on any atom is 0.261 e. The van der Waals surface area contributed by atoms with Gasteiger partial charge in [0.05, 0.1) is 10.6 Å². The van der Waals surface area contributed by atoms with Crippen molar-refractivity contribution in [3.8, 4) is 11.3 Å². The number of halogens is 2. The molecule has 0 unspecified atom stereocenters. The van der Waals surface area contributed by atoms with Crippen molar-refractivity contribution in [2.24, 2.45) is 0 Å². The van der Waals surface area contributed by atoms with Gasteiger partial charge in [-0.3, -0.25) is 4.79 Å². The third-order valence-corrected chi connectivity index (χ3v) is 6.22. The van der Waals surface area contributed by atoms with Crippen molar-refractivity contribution < 1.29 is 13.7 Å².